The lowest BCUT2D eigenvalue weighted by molar-refractivity contribution is -0.139. The molecule has 2 rings (SSSR count). The molecule has 0 aliphatic rings. The number of ether oxygens (including phenoxy) is 2. The van der Waals surface area contributed by atoms with E-state index in [9.17, 15) is 18.0 Å². The van der Waals surface area contributed by atoms with E-state index in [0.29, 0.717) is 5.56 Å². The topological polar surface area (TPSA) is 98.8 Å². The number of hydrogen-bond donors (Lipinski definition) is 1. The number of carbonyl (C=O) groups excluding carboxylic acids is 2. The maximum Gasteiger partial charge on any atom is 0.422 e. The fourth-order valence-corrected chi connectivity index (χ4v) is 3.20. The Kier molecular flexibility index (Phi) is 6.94. The van der Waals surface area contributed by atoms with Gasteiger partial charge in [0.15, 0.2) is 6.10 Å². The van der Waals surface area contributed by atoms with Crippen LogP contribution in [0.5, 0.6) is 0 Å². The zero-order chi connectivity index (χ0) is 20.7. The molecule has 1 N–H and O–H groups in total. The fourth-order valence-electron chi connectivity index (χ4n) is 2.32. The molecule has 7 nitrogen and oxygen atoms in total. The van der Waals surface area contributed by atoms with E-state index >= 15 is 0 Å². The van der Waals surface area contributed by atoms with E-state index in [-0.39, 0.29) is 17.1 Å². The summed E-state index contributed by atoms with van der Waals surface area (Å²) in [6.45, 7) is 7.20. The molecule has 0 heterocycles. The molecule has 0 bridgehead atoms. The van der Waals surface area contributed by atoms with E-state index in [1.165, 1.54) is 12.1 Å². The molecule has 1 atom stereocenters. The van der Waals surface area contributed by atoms with Crippen LogP contribution in [-0.2, 0) is 24.3 Å². The maximum absolute atomic E-state index is 12.4. The van der Waals surface area contributed by atoms with Crippen LogP contribution in [0, 0.1) is 6.92 Å². The van der Waals surface area contributed by atoms with Crippen molar-refractivity contribution >= 4 is 22.1 Å². The lowest BCUT2D eigenvalue weighted by Crippen LogP contribution is -2.33. The molecule has 148 valence electrons. The summed E-state index contributed by atoms with van der Waals surface area (Å²) in [7, 11) is -4.13. The van der Waals surface area contributed by atoms with Gasteiger partial charge >= 0.3 is 12.1 Å². The zero-order valence-electron chi connectivity index (χ0n) is 15.5. The molecule has 28 heavy (non-hydrogen) atoms. The Morgan fingerprint density at radius 2 is 1.68 bits per heavy atom. The number of esters is 1. The molecule has 0 saturated carbocycles. The average molecular weight is 403 g/mol. The summed E-state index contributed by atoms with van der Waals surface area (Å²) in [6, 6.07) is 14.3. The Labute approximate surface area is 164 Å². The van der Waals surface area contributed by atoms with Gasteiger partial charge in [0.25, 0.3) is 10.0 Å². The van der Waals surface area contributed by atoms with Crippen LogP contribution in [0.1, 0.15) is 24.2 Å². The van der Waals surface area contributed by atoms with Gasteiger partial charge in [-0.1, -0.05) is 54.6 Å². The lowest BCUT2D eigenvalue weighted by Gasteiger charge is -2.20. The van der Waals surface area contributed by atoms with Gasteiger partial charge in [0.1, 0.15) is 0 Å². The van der Waals surface area contributed by atoms with Crippen LogP contribution >= 0.6 is 0 Å². The quantitative estimate of drug-likeness (QED) is 0.563. The van der Waals surface area contributed by atoms with Gasteiger partial charge in [-0.05, 0) is 31.5 Å². The van der Waals surface area contributed by atoms with Crippen LogP contribution < -0.4 is 4.72 Å². The van der Waals surface area contributed by atoms with Gasteiger partial charge in [-0.25, -0.2) is 22.7 Å². The molecule has 2 aromatic rings. The minimum atomic E-state index is -4.13. The molecule has 2 aromatic carbocycles. The number of amides is 1. The van der Waals surface area contributed by atoms with Gasteiger partial charge in [-0.3, -0.25) is 0 Å². The van der Waals surface area contributed by atoms with Gasteiger partial charge in [0, 0.05) is 0 Å². The van der Waals surface area contributed by atoms with Gasteiger partial charge in [-0.2, -0.15) is 0 Å². The first-order chi connectivity index (χ1) is 13.2. The van der Waals surface area contributed by atoms with E-state index in [2.05, 4.69) is 6.58 Å². The van der Waals surface area contributed by atoms with Gasteiger partial charge < -0.3 is 9.47 Å². The molecule has 8 heteroatoms. The number of sulfonamides is 1. The van der Waals surface area contributed by atoms with Crippen molar-refractivity contribution in [3.8, 4) is 0 Å². The van der Waals surface area contributed by atoms with Crippen molar-refractivity contribution in [2.24, 2.45) is 0 Å². The van der Waals surface area contributed by atoms with Crippen molar-refractivity contribution in [1.82, 2.24) is 4.72 Å². The van der Waals surface area contributed by atoms with Gasteiger partial charge in [-0.15, -0.1) is 0 Å². The molecule has 0 fully saturated rings. The van der Waals surface area contributed by atoms with Crippen molar-refractivity contribution in [1.29, 1.82) is 0 Å². The van der Waals surface area contributed by atoms with Gasteiger partial charge in [0.2, 0.25) is 0 Å². The standard InChI is InChI=1S/C20H21NO6S/c1-4-26-19(22)15(3)18(16-8-6-5-7-9-16)27-20(23)21-28(24,25)17-12-10-14(2)11-13-17/h5-13,18H,3-4H2,1-2H3,(H,21,23). The van der Waals surface area contributed by atoms with Crippen LogP contribution in [0.15, 0.2) is 71.6 Å². The first kappa shape index (κ1) is 21.2. The third-order valence-corrected chi connectivity index (χ3v) is 5.06. The average Bonchev–Trinajstić information content (AvgIpc) is 2.66. The minimum Gasteiger partial charge on any atom is -0.463 e. The Morgan fingerprint density at radius 3 is 2.25 bits per heavy atom. The number of hydrogen-bond acceptors (Lipinski definition) is 6. The molecule has 1 amide bonds. The summed E-state index contributed by atoms with van der Waals surface area (Å²) in [6.07, 6.45) is -2.44. The van der Waals surface area contributed by atoms with Crippen molar-refractivity contribution in [3.63, 3.8) is 0 Å². The highest BCUT2D eigenvalue weighted by Crippen LogP contribution is 2.26. The molecular formula is C20H21NO6S. The van der Waals surface area contributed by atoms with Crippen LogP contribution in [-0.4, -0.2) is 27.1 Å². The predicted molar refractivity (Wildman–Crippen MR) is 103 cm³/mol. The highest BCUT2D eigenvalue weighted by Gasteiger charge is 2.28. The summed E-state index contributed by atoms with van der Waals surface area (Å²) in [4.78, 5) is 24.2. The molecule has 0 aliphatic carbocycles. The molecule has 1 unspecified atom stereocenters. The zero-order valence-corrected chi connectivity index (χ0v) is 16.4. The van der Waals surface area contributed by atoms with E-state index in [1.807, 2.05) is 11.6 Å². The Hall–Kier alpha value is -3.13. The summed E-state index contributed by atoms with van der Waals surface area (Å²) >= 11 is 0. The first-order valence-electron chi connectivity index (χ1n) is 8.45. The number of rotatable bonds is 7. The largest absolute Gasteiger partial charge is 0.463 e. The Bertz CT molecular complexity index is 952. The van der Waals surface area contributed by atoms with Crippen LogP contribution in [0.2, 0.25) is 0 Å². The highest BCUT2D eigenvalue weighted by atomic mass is 32.2. The smallest absolute Gasteiger partial charge is 0.422 e. The highest BCUT2D eigenvalue weighted by molar-refractivity contribution is 7.90. The predicted octanol–water partition coefficient (Wildman–Crippen LogP) is 3.27. The van der Waals surface area contributed by atoms with Crippen LogP contribution in [0.4, 0.5) is 4.79 Å². The van der Waals surface area contributed by atoms with E-state index < -0.39 is 28.2 Å². The second kappa shape index (κ2) is 9.18. The van der Waals surface area contributed by atoms with E-state index in [4.69, 9.17) is 9.47 Å². The molecule has 0 radical (unpaired) electrons. The summed E-state index contributed by atoms with van der Waals surface area (Å²) in [5.41, 5.74) is 1.19. The summed E-state index contributed by atoms with van der Waals surface area (Å²) < 4.78 is 36.7. The van der Waals surface area contributed by atoms with Crippen molar-refractivity contribution in [2.45, 2.75) is 24.8 Å². The van der Waals surface area contributed by atoms with Crippen molar-refractivity contribution in [2.75, 3.05) is 6.61 Å². The fraction of sp³-hybridized carbons (Fsp3) is 0.200. The van der Waals surface area contributed by atoms with E-state index in [0.717, 1.165) is 5.56 Å². The Morgan fingerprint density at radius 1 is 1.07 bits per heavy atom. The number of benzene rings is 2. The SMILES string of the molecule is C=C(C(=O)OCC)C(OC(=O)NS(=O)(=O)c1ccc(C)cc1)c1ccccc1. The Balaban J connectivity index is 2.21. The van der Waals surface area contributed by atoms with Gasteiger partial charge in [0.05, 0.1) is 17.1 Å². The van der Waals surface area contributed by atoms with E-state index in [1.54, 1.807) is 49.4 Å². The normalized spacial score (nSPS) is 11.9. The molecule has 0 spiro atoms. The van der Waals surface area contributed by atoms with Crippen LogP contribution in [0.25, 0.3) is 0 Å². The number of nitrogens with one attached hydrogen (secondary N) is 1. The number of aryl methyl sites for hydroxylation is 1. The molecular weight excluding hydrogens is 382 g/mol. The summed E-state index contributed by atoms with van der Waals surface area (Å²) in [5.74, 6) is -0.745. The second-order valence-corrected chi connectivity index (χ2v) is 7.54. The molecule has 0 aliphatic heterocycles. The van der Waals surface area contributed by atoms with Crippen molar-refractivity contribution in [3.05, 3.63) is 77.9 Å². The van der Waals surface area contributed by atoms with Crippen LogP contribution in [0.3, 0.4) is 0 Å². The first-order valence-corrected chi connectivity index (χ1v) is 9.94. The minimum absolute atomic E-state index is 0.0875. The monoisotopic (exact) mass is 403 g/mol. The molecule has 0 aromatic heterocycles. The maximum atomic E-state index is 12.4. The summed E-state index contributed by atoms with van der Waals surface area (Å²) in [5, 5.41) is 0. The number of carbonyl (C=O) groups is 2. The third kappa shape index (κ3) is 5.43. The molecule has 0 saturated heterocycles. The van der Waals surface area contributed by atoms with Crippen molar-refractivity contribution < 1.29 is 27.5 Å². The lowest BCUT2D eigenvalue weighted by atomic mass is 10.0. The third-order valence-electron chi connectivity index (χ3n) is 3.73. The second-order valence-electron chi connectivity index (χ2n) is 5.86.